The number of fused-ring (bicyclic) bond motifs is 2. The lowest BCUT2D eigenvalue weighted by Gasteiger charge is -2.12. The van der Waals surface area contributed by atoms with Gasteiger partial charge in [-0.1, -0.05) is 0 Å². The summed E-state index contributed by atoms with van der Waals surface area (Å²) in [6.07, 6.45) is -2.06. The number of hydrogen-bond acceptors (Lipinski definition) is 4. The first-order valence-electron chi connectivity index (χ1n) is 6.76. The molecule has 2 aromatic rings. The molecule has 22 heavy (non-hydrogen) atoms. The van der Waals surface area contributed by atoms with Crippen molar-refractivity contribution >= 4 is 17.2 Å². The summed E-state index contributed by atoms with van der Waals surface area (Å²) >= 11 is 1.68. The maximum Gasteiger partial charge on any atom is 0.586 e. The molecule has 1 aromatic carbocycles. The van der Waals surface area contributed by atoms with Crippen LogP contribution < -0.4 is 14.8 Å². The lowest BCUT2D eigenvalue weighted by Crippen LogP contribution is -2.35. The highest BCUT2D eigenvalue weighted by molar-refractivity contribution is 7.10. The molecule has 1 aromatic heterocycles. The molecule has 2 heterocycles. The van der Waals surface area contributed by atoms with Gasteiger partial charge < -0.3 is 14.8 Å². The Bertz CT molecular complexity index is 738. The molecule has 1 aliphatic heterocycles. The monoisotopic (exact) mass is 323 g/mol. The van der Waals surface area contributed by atoms with E-state index in [1.165, 1.54) is 28.6 Å². The third-order valence-electron chi connectivity index (χ3n) is 3.73. The topological polar surface area (TPSA) is 47.6 Å². The van der Waals surface area contributed by atoms with E-state index >= 15 is 0 Å². The highest BCUT2D eigenvalue weighted by atomic mass is 32.1. The molecule has 1 N–H and O–H groups in total. The largest absolute Gasteiger partial charge is 0.586 e. The highest BCUT2D eigenvalue weighted by Gasteiger charge is 2.43. The van der Waals surface area contributed by atoms with Crippen molar-refractivity contribution in [1.29, 1.82) is 0 Å². The average Bonchev–Trinajstić information content (AvgIpc) is 3.08. The number of alkyl halides is 2. The van der Waals surface area contributed by atoms with Crippen LogP contribution in [0.1, 0.15) is 20.8 Å². The van der Waals surface area contributed by atoms with Crippen LogP contribution in [0.4, 0.5) is 8.78 Å². The molecule has 2 aliphatic rings. The van der Waals surface area contributed by atoms with Crippen molar-refractivity contribution in [2.75, 3.05) is 0 Å². The zero-order chi connectivity index (χ0) is 15.3. The van der Waals surface area contributed by atoms with Gasteiger partial charge in [-0.05, 0) is 41.6 Å². The second-order valence-electron chi connectivity index (χ2n) is 5.28. The van der Waals surface area contributed by atoms with Crippen molar-refractivity contribution in [3.63, 3.8) is 0 Å². The van der Waals surface area contributed by atoms with Gasteiger partial charge in [-0.25, -0.2) is 0 Å². The Morgan fingerprint density at radius 3 is 2.86 bits per heavy atom. The second kappa shape index (κ2) is 4.67. The highest BCUT2D eigenvalue weighted by Crippen LogP contribution is 2.41. The predicted molar refractivity (Wildman–Crippen MR) is 75.6 cm³/mol. The normalized spacial score (nSPS) is 20.7. The first-order valence-corrected chi connectivity index (χ1v) is 7.64. The fraction of sp³-hybridized carbons (Fsp3) is 0.267. The molecule has 0 spiro atoms. The molecule has 7 heteroatoms. The minimum Gasteiger partial charge on any atom is -0.395 e. The Morgan fingerprint density at radius 1 is 1.23 bits per heavy atom. The quantitative estimate of drug-likeness (QED) is 0.924. The van der Waals surface area contributed by atoms with Crippen molar-refractivity contribution in [2.45, 2.75) is 25.2 Å². The number of hydrogen-bond donors (Lipinski definition) is 1. The SMILES string of the molecule is O=C(NC1Cc2ccsc2C1)c1ccc2c(c1)OC(F)(F)O2. The van der Waals surface area contributed by atoms with E-state index in [2.05, 4.69) is 20.9 Å². The molecular formula is C15H11F2NO3S. The lowest BCUT2D eigenvalue weighted by atomic mass is 10.1. The van der Waals surface area contributed by atoms with Gasteiger partial charge in [0.2, 0.25) is 0 Å². The average molecular weight is 323 g/mol. The molecule has 0 radical (unpaired) electrons. The van der Waals surface area contributed by atoms with Crippen LogP contribution >= 0.6 is 11.3 Å². The molecule has 0 saturated carbocycles. The maximum atomic E-state index is 13.0. The Balaban J connectivity index is 1.47. The van der Waals surface area contributed by atoms with Gasteiger partial charge in [0.1, 0.15) is 0 Å². The predicted octanol–water partition coefficient (Wildman–Crippen LogP) is 2.97. The Kier molecular flexibility index (Phi) is 2.87. The van der Waals surface area contributed by atoms with Crippen LogP contribution in [0.3, 0.4) is 0 Å². The van der Waals surface area contributed by atoms with Gasteiger partial charge in [0.15, 0.2) is 11.5 Å². The van der Waals surface area contributed by atoms with Gasteiger partial charge in [0.05, 0.1) is 0 Å². The maximum absolute atomic E-state index is 13.0. The Hall–Kier alpha value is -2.15. The van der Waals surface area contributed by atoms with Gasteiger partial charge >= 0.3 is 6.29 Å². The first-order chi connectivity index (χ1) is 10.5. The summed E-state index contributed by atoms with van der Waals surface area (Å²) in [7, 11) is 0. The van der Waals surface area contributed by atoms with E-state index in [0.717, 1.165) is 12.8 Å². The third-order valence-corrected chi connectivity index (χ3v) is 4.72. The Labute approximate surface area is 128 Å². The molecule has 1 amide bonds. The van der Waals surface area contributed by atoms with Crippen molar-refractivity contribution < 1.29 is 23.0 Å². The van der Waals surface area contributed by atoms with Crippen molar-refractivity contribution in [2.24, 2.45) is 0 Å². The zero-order valence-electron chi connectivity index (χ0n) is 11.3. The minimum atomic E-state index is -3.67. The number of rotatable bonds is 2. The fourth-order valence-corrected chi connectivity index (χ4v) is 3.75. The number of carbonyl (C=O) groups is 1. The van der Waals surface area contributed by atoms with E-state index in [1.54, 1.807) is 11.3 Å². The van der Waals surface area contributed by atoms with Gasteiger partial charge in [0.25, 0.3) is 5.91 Å². The van der Waals surface area contributed by atoms with Gasteiger partial charge in [0, 0.05) is 22.9 Å². The number of halogens is 2. The molecule has 1 unspecified atom stereocenters. The van der Waals surface area contributed by atoms with Crippen LogP contribution in [-0.2, 0) is 12.8 Å². The van der Waals surface area contributed by atoms with Crippen LogP contribution in [0.5, 0.6) is 11.5 Å². The summed E-state index contributed by atoms with van der Waals surface area (Å²) in [6.45, 7) is 0. The van der Waals surface area contributed by atoms with Crippen molar-refractivity contribution in [3.8, 4) is 11.5 Å². The second-order valence-corrected chi connectivity index (χ2v) is 6.28. The Morgan fingerprint density at radius 2 is 2.05 bits per heavy atom. The molecule has 0 fully saturated rings. The number of ether oxygens (including phenoxy) is 2. The summed E-state index contributed by atoms with van der Waals surface area (Å²) in [6, 6.07) is 6.15. The lowest BCUT2D eigenvalue weighted by molar-refractivity contribution is -0.286. The van der Waals surface area contributed by atoms with Crippen LogP contribution in [0, 0.1) is 0 Å². The van der Waals surface area contributed by atoms with E-state index < -0.39 is 6.29 Å². The molecule has 4 rings (SSSR count). The van der Waals surface area contributed by atoms with Crippen LogP contribution in [0.2, 0.25) is 0 Å². The summed E-state index contributed by atoms with van der Waals surface area (Å²) < 4.78 is 34.6. The fourth-order valence-electron chi connectivity index (χ4n) is 2.75. The van der Waals surface area contributed by atoms with Gasteiger partial charge in [-0.2, -0.15) is 0 Å². The molecule has 114 valence electrons. The van der Waals surface area contributed by atoms with Crippen LogP contribution in [0.25, 0.3) is 0 Å². The van der Waals surface area contributed by atoms with E-state index in [4.69, 9.17) is 0 Å². The first kappa shape index (κ1) is 13.5. The van der Waals surface area contributed by atoms with Crippen molar-refractivity contribution in [3.05, 3.63) is 45.6 Å². The van der Waals surface area contributed by atoms with E-state index in [1.807, 2.05) is 5.38 Å². The van der Waals surface area contributed by atoms with Crippen LogP contribution in [0.15, 0.2) is 29.6 Å². The molecule has 0 bridgehead atoms. The van der Waals surface area contributed by atoms with E-state index in [-0.39, 0.29) is 29.0 Å². The smallest absolute Gasteiger partial charge is 0.395 e. The number of amides is 1. The molecule has 1 aliphatic carbocycles. The van der Waals surface area contributed by atoms with Gasteiger partial charge in [-0.15, -0.1) is 20.1 Å². The standard InChI is InChI=1S/C15H11F2NO3S/c16-15(17)20-11-2-1-9(6-12(11)21-15)14(19)18-10-5-8-3-4-22-13(8)7-10/h1-4,6,10H,5,7H2,(H,18,19). The summed E-state index contributed by atoms with van der Waals surface area (Å²) in [4.78, 5) is 13.5. The van der Waals surface area contributed by atoms with Gasteiger partial charge in [-0.3, -0.25) is 4.79 Å². The van der Waals surface area contributed by atoms with E-state index in [0.29, 0.717) is 0 Å². The summed E-state index contributed by atoms with van der Waals surface area (Å²) in [5, 5.41) is 4.97. The number of benzene rings is 1. The number of carbonyl (C=O) groups excluding carboxylic acids is 1. The molecule has 1 atom stereocenters. The number of thiophene rings is 1. The third kappa shape index (κ3) is 2.31. The minimum absolute atomic E-state index is 0.0433. The molecular weight excluding hydrogens is 312 g/mol. The molecule has 0 saturated heterocycles. The molecule has 4 nitrogen and oxygen atoms in total. The summed E-state index contributed by atoms with van der Waals surface area (Å²) in [5.41, 5.74) is 1.54. The van der Waals surface area contributed by atoms with Crippen molar-refractivity contribution in [1.82, 2.24) is 5.32 Å². The van der Waals surface area contributed by atoms with Crippen LogP contribution in [-0.4, -0.2) is 18.2 Å². The zero-order valence-corrected chi connectivity index (χ0v) is 12.1. The summed E-state index contributed by atoms with van der Waals surface area (Å²) in [5.74, 6) is -0.491. The number of nitrogens with one attached hydrogen (secondary N) is 1. The van der Waals surface area contributed by atoms with E-state index in [9.17, 15) is 13.6 Å².